The van der Waals surface area contributed by atoms with Crippen LogP contribution in [0.3, 0.4) is 0 Å². The predicted molar refractivity (Wildman–Crippen MR) is 146 cm³/mol. The maximum atomic E-state index is 13.3. The average molecular weight is 539 g/mol. The number of anilines is 1. The summed E-state index contributed by atoms with van der Waals surface area (Å²) >= 11 is 6.17. The minimum atomic E-state index is -0.489. The second-order valence-corrected chi connectivity index (χ2v) is 10.8. The third-order valence-electron chi connectivity index (χ3n) is 7.81. The number of morpholine rings is 1. The molecule has 0 bridgehead atoms. The van der Waals surface area contributed by atoms with Crippen molar-refractivity contribution in [2.24, 2.45) is 0 Å². The molecule has 3 amide bonds. The Morgan fingerprint density at radius 2 is 1.79 bits per heavy atom. The Morgan fingerprint density at radius 3 is 2.53 bits per heavy atom. The molecule has 2 aromatic rings. The SMILES string of the molecule is Cc1cc(CN2CCC(N3C(=O)CC[C@H]3C(=O)Nc3cccc(C(=O)N4CCOCC4)c3)CC2)ccc1Cl. The minimum absolute atomic E-state index is 0.0492. The van der Waals surface area contributed by atoms with Crippen molar-refractivity contribution in [3.63, 3.8) is 0 Å². The number of nitrogens with zero attached hydrogens (tertiary/aromatic N) is 3. The van der Waals surface area contributed by atoms with Gasteiger partial charge in [-0.25, -0.2) is 0 Å². The number of likely N-dealkylation sites (tertiary alicyclic amines) is 2. The van der Waals surface area contributed by atoms with Gasteiger partial charge in [0.05, 0.1) is 13.2 Å². The molecule has 5 rings (SSSR count). The van der Waals surface area contributed by atoms with Crippen LogP contribution in [0.1, 0.15) is 47.2 Å². The van der Waals surface area contributed by atoms with Crippen LogP contribution in [-0.4, -0.2) is 83.9 Å². The van der Waals surface area contributed by atoms with Crippen LogP contribution in [0.15, 0.2) is 42.5 Å². The molecule has 3 fully saturated rings. The van der Waals surface area contributed by atoms with E-state index in [9.17, 15) is 14.4 Å². The molecule has 202 valence electrons. The maximum Gasteiger partial charge on any atom is 0.254 e. The molecule has 1 N–H and O–H groups in total. The van der Waals surface area contributed by atoms with Crippen LogP contribution in [0.5, 0.6) is 0 Å². The zero-order valence-electron chi connectivity index (χ0n) is 21.8. The lowest BCUT2D eigenvalue weighted by Gasteiger charge is -2.39. The second-order valence-electron chi connectivity index (χ2n) is 10.4. The van der Waals surface area contributed by atoms with Crippen molar-refractivity contribution in [3.05, 3.63) is 64.2 Å². The molecular weight excluding hydrogens is 504 g/mol. The van der Waals surface area contributed by atoms with Gasteiger partial charge in [0.2, 0.25) is 11.8 Å². The van der Waals surface area contributed by atoms with Gasteiger partial charge in [0.1, 0.15) is 6.04 Å². The fourth-order valence-corrected chi connectivity index (χ4v) is 5.86. The fraction of sp³-hybridized carbons (Fsp3) is 0.483. The van der Waals surface area contributed by atoms with Crippen molar-refractivity contribution < 1.29 is 19.1 Å². The number of piperidine rings is 1. The smallest absolute Gasteiger partial charge is 0.254 e. The van der Waals surface area contributed by atoms with Gasteiger partial charge < -0.3 is 19.9 Å². The van der Waals surface area contributed by atoms with Crippen LogP contribution in [0.25, 0.3) is 0 Å². The standard InChI is InChI=1S/C29H35ClN4O4/c1-20-17-21(5-6-25(20)30)19-32-11-9-24(10-12-32)34-26(7-8-27(34)35)28(36)31-23-4-2-3-22(18-23)29(37)33-13-15-38-16-14-33/h2-6,17-18,24,26H,7-16,19H2,1H3,(H,31,36)/t26-/m0/s1. The maximum absolute atomic E-state index is 13.3. The molecule has 0 aliphatic carbocycles. The van der Waals surface area contributed by atoms with Gasteiger partial charge in [-0.05, 0) is 61.6 Å². The fourth-order valence-electron chi connectivity index (χ4n) is 5.74. The van der Waals surface area contributed by atoms with E-state index in [0.717, 1.165) is 43.1 Å². The topological polar surface area (TPSA) is 82.2 Å². The first-order valence-electron chi connectivity index (χ1n) is 13.5. The Hall–Kier alpha value is -2.94. The van der Waals surface area contributed by atoms with Crippen molar-refractivity contribution in [1.82, 2.24) is 14.7 Å². The molecule has 9 heteroatoms. The lowest BCUT2D eigenvalue weighted by Crippen LogP contribution is -2.51. The molecule has 3 saturated heterocycles. The average Bonchev–Trinajstić information content (AvgIpc) is 3.33. The number of carbonyl (C=O) groups is 3. The summed E-state index contributed by atoms with van der Waals surface area (Å²) in [5.41, 5.74) is 3.41. The number of benzene rings is 2. The highest BCUT2D eigenvalue weighted by molar-refractivity contribution is 6.31. The van der Waals surface area contributed by atoms with E-state index in [1.165, 1.54) is 5.56 Å². The van der Waals surface area contributed by atoms with Gasteiger partial charge in [-0.2, -0.15) is 0 Å². The van der Waals surface area contributed by atoms with Gasteiger partial charge in [0.15, 0.2) is 0 Å². The highest BCUT2D eigenvalue weighted by Crippen LogP contribution is 2.29. The number of nitrogens with one attached hydrogen (secondary N) is 1. The molecule has 3 heterocycles. The summed E-state index contributed by atoms with van der Waals surface area (Å²) in [5.74, 6) is -0.207. The highest BCUT2D eigenvalue weighted by Gasteiger charge is 2.41. The third kappa shape index (κ3) is 6.03. The number of hydrogen-bond acceptors (Lipinski definition) is 5. The monoisotopic (exact) mass is 538 g/mol. The molecule has 38 heavy (non-hydrogen) atoms. The van der Waals surface area contributed by atoms with Crippen LogP contribution >= 0.6 is 11.6 Å². The number of halogens is 1. The Kier molecular flexibility index (Phi) is 8.31. The molecule has 1 atom stereocenters. The highest BCUT2D eigenvalue weighted by atomic mass is 35.5. The van der Waals surface area contributed by atoms with Crippen molar-refractivity contribution in [3.8, 4) is 0 Å². The summed E-state index contributed by atoms with van der Waals surface area (Å²) in [6.45, 7) is 6.80. The quantitative estimate of drug-likeness (QED) is 0.606. The number of ether oxygens (including phenoxy) is 1. The van der Waals surface area contributed by atoms with Gasteiger partial charge in [0, 0.05) is 61.5 Å². The van der Waals surface area contributed by atoms with Gasteiger partial charge in [-0.1, -0.05) is 29.8 Å². The normalized spacial score (nSPS) is 21.1. The molecule has 8 nitrogen and oxygen atoms in total. The van der Waals surface area contributed by atoms with Crippen LogP contribution in [0, 0.1) is 6.92 Å². The molecule has 2 aromatic carbocycles. The van der Waals surface area contributed by atoms with E-state index < -0.39 is 6.04 Å². The second kappa shape index (κ2) is 11.8. The molecule has 3 aliphatic heterocycles. The number of rotatable bonds is 6. The first-order valence-corrected chi connectivity index (χ1v) is 13.8. The lowest BCUT2D eigenvalue weighted by molar-refractivity contribution is -0.136. The summed E-state index contributed by atoms with van der Waals surface area (Å²) in [6, 6.07) is 12.7. The van der Waals surface area contributed by atoms with E-state index in [4.69, 9.17) is 16.3 Å². The van der Waals surface area contributed by atoms with E-state index in [0.29, 0.717) is 50.4 Å². The van der Waals surface area contributed by atoms with Gasteiger partial charge in [-0.3, -0.25) is 19.3 Å². The molecular formula is C29H35ClN4O4. The molecule has 0 radical (unpaired) electrons. The molecule has 0 aromatic heterocycles. The van der Waals surface area contributed by atoms with Gasteiger partial charge in [0.25, 0.3) is 5.91 Å². The molecule has 3 aliphatic rings. The summed E-state index contributed by atoms with van der Waals surface area (Å²) in [5, 5.41) is 3.75. The number of hydrogen-bond donors (Lipinski definition) is 1. The van der Waals surface area contributed by atoms with Crippen LogP contribution < -0.4 is 5.32 Å². The number of carbonyl (C=O) groups excluding carboxylic acids is 3. The van der Waals surface area contributed by atoms with Crippen LogP contribution in [0.2, 0.25) is 5.02 Å². The zero-order valence-corrected chi connectivity index (χ0v) is 22.6. The van der Waals surface area contributed by atoms with E-state index >= 15 is 0 Å². The van der Waals surface area contributed by atoms with E-state index in [1.807, 2.05) is 17.9 Å². The van der Waals surface area contributed by atoms with Crippen molar-refractivity contribution in [1.29, 1.82) is 0 Å². The Labute approximate surface area is 228 Å². The van der Waals surface area contributed by atoms with Gasteiger partial charge in [-0.15, -0.1) is 0 Å². The molecule has 0 saturated carbocycles. The largest absolute Gasteiger partial charge is 0.378 e. The van der Waals surface area contributed by atoms with Crippen molar-refractivity contribution in [2.75, 3.05) is 44.7 Å². The summed E-state index contributed by atoms with van der Waals surface area (Å²) in [4.78, 5) is 45.0. The minimum Gasteiger partial charge on any atom is -0.378 e. The Bertz CT molecular complexity index is 1190. The van der Waals surface area contributed by atoms with E-state index in [-0.39, 0.29) is 23.8 Å². The molecule has 0 spiro atoms. The van der Waals surface area contributed by atoms with E-state index in [2.05, 4.69) is 22.3 Å². The number of amides is 3. The van der Waals surface area contributed by atoms with Gasteiger partial charge >= 0.3 is 0 Å². The first kappa shape index (κ1) is 26.7. The Balaban J connectivity index is 1.19. The Morgan fingerprint density at radius 1 is 1.03 bits per heavy atom. The zero-order chi connectivity index (χ0) is 26.6. The van der Waals surface area contributed by atoms with Crippen molar-refractivity contribution >= 4 is 35.0 Å². The van der Waals surface area contributed by atoms with Crippen LogP contribution in [-0.2, 0) is 20.9 Å². The van der Waals surface area contributed by atoms with Crippen molar-refractivity contribution in [2.45, 2.75) is 51.2 Å². The summed E-state index contributed by atoms with van der Waals surface area (Å²) in [6.07, 6.45) is 2.58. The molecule has 0 unspecified atom stereocenters. The van der Waals surface area contributed by atoms with Crippen LogP contribution in [0.4, 0.5) is 5.69 Å². The first-order chi connectivity index (χ1) is 18.4. The number of aryl methyl sites for hydroxylation is 1. The van der Waals surface area contributed by atoms with E-state index in [1.54, 1.807) is 29.2 Å². The summed E-state index contributed by atoms with van der Waals surface area (Å²) < 4.78 is 5.34. The predicted octanol–water partition coefficient (Wildman–Crippen LogP) is 3.71. The third-order valence-corrected chi connectivity index (χ3v) is 8.24. The summed E-state index contributed by atoms with van der Waals surface area (Å²) in [7, 11) is 0. The lowest BCUT2D eigenvalue weighted by atomic mass is 10.0.